The van der Waals surface area contributed by atoms with E-state index in [2.05, 4.69) is 26.2 Å². The van der Waals surface area contributed by atoms with Gasteiger partial charge in [0.15, 0.2) is 0 Å². The van der Waals surface area contributed by atoms with E-state index in [1.165, 1.54) is 16.4 Å². The minimum atomic E-state index is -0.203. The Labute approximate surface area is 125 Å². The fraction of sp³-hybridized carbons (Fsp3) is 0.250. The van der Waals surface area contributed by atoms with Crippen LogP contribution in [0.2, 0.25) is 0 Å². The number of carbonyl (C=O) groups is 2. The van der Waals surface area contributed by atoms with Crippen molar-refractivity contribution >= 4 is 29.3 Å². The van der Waals surface area contributed by atoms with Gasteiger partial charge in [-0.2, -0.15) is 0 Å². The van der Waals surface area contributed by atoms with Crippen LogP contribution in [-0.4, -0.2) is 44.8 Å². The smallest absolute Gasteiger partial charge is 0.251 e. The maximum atomic E-state index is 11.9. The third-order valence-electron chi connectivity index (χ3n) is 2.55. The lowest BCUT2D eigenvalue weighted by Crippen LogP contribution is -2.19. The highest BCUT2D eigenvalue weighted by Gasteiger charge is 2.09. The first-order valence-corrected chi connectivity index (χ1v) is 7.06. The summed E-state index contributed by atoms with van der Waals surface area (Å²) in [7, 11) is 3.26. The number of carbonyl (C=O) groups excluding carboxylic acids is 2. The van der Waals surface area contributed by atoms with E-state index in [1.807, 2.05) is 0 Å². The molecule has 0 aliphatic rings. The number of aryl methyl sites for hydroxylation is 1. The monoisotopic (exact) mass is 306 g/mol. The van der Waals surface area contributed by atoms with E-state index in [-0.39, 0.29) is 17.6 Å². The summed E-state index contributed by atoms with van der Waals surface area (Å²) in [5.41, 5.74) is 1.05. The van der Waals surface area contributed by atoms with Crippen molar-refractivity contribution < 1.29 is 9.59 Å². The quantitative estimate of drug-likeness (QED) is 0.770. The predicted molar refractivity (Wildman–Crippen MR) is 78.0 cm³/mol. The van der Waals surface area contributed by atoms with Gasteiger partial charge in [-0.25, -0.2) is 4.68 Å². The average Bonchev–Trinajstić information content (AvgIpc) is 2.90. The van der Waals surface area contributed by atoms with Gasteiger partial charge in [0.25, 0.3) is 5.91 Å². The second-order valence-electron chi connectivity index (χ2n) is 4.08. The van der Waals surface area contributed by atoms with Crippen molar-refractivity contribution in [1.82, 2.24) is 25.5 Å². The summed E-state index contributed by atoms with van der Waals surface area (Å²) in [6, 6.07) is 6.72. The molecule has 0 saturated carbocycles. The molecule has 0 atom stereocenters. The molecule has 1 aromatic carbocycles. The molecule has 1 heterocycles. The van der Waals surface area contributed by atoms with Crippen LogP contribution < -0.4 is 10.6 Å². The number of amides is 2. The SMILES string of the molecule is CNC(=O)c1cccc(NC(=O)CSc2nnnn2C)c1. The molecule has 0 fully saturated rings. The Morgan fingerprint density at radius 1 is 1.38 bits per heavy atom. The van der Waals surface area contributed by atoms with Gasteiger partial charge >= 0.3 is 0 Å². The van der Waals surface area contributed by atoms with E-state index < -0.39 is 0 Å². The van der Waals surface area contributed by atoms with Crippen LogP contribution in [0, 0.1) is 0 Å². The molecule has 0 bridgehead atoms. The van der Waals surface area contributed by atoms with Crippen LogP contribution in [-0.2, 0) is 11.8 Å². The molecule has 1 aromatic heterocycles. The second kappa shape index (κ2) is 6.84. The van der Waals surface area contributed by atoms with Gasteiger partial charge in [-0.1, -0.05) is 17.8 Å². The molecule has 9 heteroatoms. The standard InChI is InChI=1S/C12H14N6O2S/c1-13-11(20)8-4-3-5-9(6-8)14-10(19)7-21-12-15-16-17-18(12)2/h3-6H,7H2,1-2H3,(H,13,20)(H,14,19). The van der Waals surface area contributed by atoms with Crippen molar-refractivity contribution in [3.05, 3.63) is 29.8 Å². The van der Waals surface area contributed by atoms with E-state index in [9.17, 15) is 9.59 Å². The van der Waals surface area contributed by atoms with Gasteiger partial charge in [0.05, 0.1) is 5.75 Å². The van der Waals surface area contributed by atoms with E-state index >= 15 is 0 Å². The lowest BCUT2D eigenvalue weighted by Gasteiger charge is -2.06. The zero-order valence-corrected chi connectivity index (χ0v) is 12.3. The Balaban J connectivity index is 1.93. The van der Waals surface area contributed by atoms with Crippen LogP contribution in [0.1, 0.15) is 10.4 Å². The fourth-order valence-corrected chi connectivity index (χ4v) is 2.20. The van der Waals surface area contributed by atoms with E-state index in [0.29, 0.717) is 16.4 Å². The number of tetrazole rings is 1. The molecular formula is C12H14N6O2S. The van der Waals surface area contributed by atoms with Gasteiger partial charge in [-0.15, -0.1) is 5.10 Å². The first-order chi connectivity index (χ1) is 10.1. The van der Waals surface area contributed by atoms with Crippen molar-refractivity contribution in [3.63, 3.8) is 0 Å². The number of anilines is 1. The van der Waals surface area contributed by atoms with E-state index in [1.54, 1.807) is 38.4 Å². The van der Waals surface area contributed by atoms with Gasteiger partial charge in [0.1, 0.15) is 0 Å². The normalized spacial score (nSPS) is 10.2. The molecule has 0 spiro atoms. The molecule has 0 unspecified atom stereocenters. The number of nitrogens with zero attached hydrogens (tertiary/aromatic N) is 4. The van der Waals surface area contributed by atoms with Crippen molar-refractivity contribution in [1.29, 1.82) is 0 Å². The van der Waals surface area contributed by atoms with Crippen molar-refractivity contribution in [2.24, 2.45) is 7.05 Å². The van der Waals surface area contributed by atoms with Gasteiger partial charge < -0.3 is 10.6 Å². The largest absolute Gasteiger partial charge is 0.355 e. The highest BCUT2D eigenvalue weighted by molar-refractivity contribution is 7.99. The first kappa shape index (κ1) is 15.0. The van der Waals surface area contributed by atoms with Gasteiger partial charge in [0, 0.05) is 25.3 Å². The summed E-state index contributed by atoms with van der Waals surface area (Å²) in [6.07, 6.45) is 0. The van der Waals surface area contributed by atoms with Crippen LogP contribution >= 0.6 is 11.8 Å². The molecule has 110 valence electrons. The third kappa shape index (κ3) is 4.02. The zero-order chi connectivity index (χ0) is 15.2. The number of hydrogen-bond donors (Lipinski definition) is 2. The second-order valence-corrected chi connectivity index (χ2v) is 5.02. The molecule has 0 aliphatic heterocycles. The van der Waals surface area contributed by atoms with Gasteiger partial charge in [-0.3, -0.25) is 9.59 Å². The van der Waals surface area contributed by atoms with Gasteiger partial charge in [-0.05, 0) is 28.6 Å². The molecule has 0 radical (unpaired) electrons. The number of benzene rings is 1. The fourth-order valence-electron chi connectivity index (χ4n) is 1.55. The predicted octanol–water partition coefficient (Wildman–Crippen LogP) is 0.300. The Hall–Kier alpha value is -2.42. The molecule has 2 amide bonds. The van der Waals surface area contributed by atoms with Crippen LogP contribution in [0.4, 0.5) is 5.69 Å². The molecule has 2 N–H and O–H groups in total. The number of aromatic nitrogens is 4. The summed E-state index contributed by atoms with van der Waals surface area (Å²) in [5.74, 6) is -0.221. The lowest BCUT2D eigenvalue weighted by atomic mass is 10.2. The molecule has 21 heavy (non-hydrogen) atoms. The average molecular weight is 306 g/mol. The van der Waals surface area contributed by atoms with Gasteiger partial charge in [0.2, 0.25) is 11.1 Å². The highest BCUT2D eigenvalue weighted by Crippen LogP contribution is 2.14. The molecule has 0 saturated heterocycles. The topological polar surface area (TPSA) is 102 Å². The first-order valence-electron chi connectivity index (χ1n) is 6.07. The summed E-state index contributed by atoms with van der Waals surface area (Å²) >= 11 is 1.23. The molecule has 2 aromatic rings. The Morgan fingerprint density at radius 2 is 2.19 bits per heavy atom. The summed E-state index contributed by atoms with van der Waals surface area (Å²) in [6.45, 7) is 0. The van der Waals surface area contributed by atoms with Crippen LogP contribution in [0.15, 0.2) is 29.4 Å². The van der Waals surface area contributed by atoms with Crippen molar-refractivity contribution in [2.75, 3.05) is 18.1 Å². The van der Waals surface area contributed by atoms with E-state index in [0.717, 1.165) is 0 Å². The summed E-state index contributed by atoms with van der Waals surface area (Å²) in [5, 5.41) is 16.8. The Kier molecular flexibility index (Phi) is 4.88. The number of thioether (sulfide) groups is 1. The maximum absolute atomic E-state index is 11.9. The number of nitrogens with one attached hydrogen (secondary N) is 2. The number of hydrogen-bond acceptors (Lipinski definition) is 6. The highest BCUT2D eigenvalue weighted by atomic mass is 32.2. The number of rotatable bonds is 5. The van der Waals surface area contributed by atoms with Crippen LogP contribution in [0.5, 0.6) is 0 Å². The zero-order valence-electron chi connectivity index (χ0n) is 11.5. The van der Waals surface area contributed by atoms with Crippen LogP contribution in [0.3, 0.4) is 0 Å². The summed E-state index contributed by atoms with van der Waals surface area (Å²) in [4.78, 5) is 23.4. The molecule has 8 nitrogen and oxygen atoms in total. The molecule has 0 aliphatic carbocycles. The summed E-state index contributed by atoms with van der Waals surface area (Å²) < 4.78 is 1.49. The van der Waals surface area contributed by atoms with E-state index in [4.69, 9.17) is 0 Å². The minimum Gasteiger partial charge on any atom is -0.355 e. The Morgan fingerprint density at radius 3 is 2.86 bits per heavy atom. The van der Waals surface area contributed by atoms with Crippen LogP contribution in [0.25, 0.3) is 0 Å². The molecule has 2 rings (SSSR count). The minimum absolute atomic E-state index is 0.179. The maximum Gasteiger partial charge on any atom is 0.251 e. The van der Waals surface area contributed by atoms with Crippen molar-refractivity contribution in [3.8, 4) is 0 Å². The Bertz CT molecular complexity index is 657. The lowest BCUT2D eigenvalue weighted by molar-refractivity contribution is -0.113. The third-order valence-corrected chi connectivity index (χ3v) is 3.56. The molecular weight excluding hydrogens is 292 g/mol. The van der Waals surface area contributed by atoms with Crippen molar-refractivity contribution in [2.45, 2.75) is 5.16 Å².